The monoisotopic (exact) mass is 217 g/mol. The molecule has 0 aliphatic heterocycles. The van der Waals surface area contributed by atoms with Crippen LogP contribution in [0.1, 0.15) is 40.5 Å². The minimum Gasteiger partial charge on any atom is -0.396 e. The molecular weight excluding hydrogens is 190 g/mol. The van der Waals surface area contributed by atoms with E-state index in [4.69, 9.17) is 9.84 Å². The van der Waals surface area contributed by atoms with E-state index in [0.29, 0.717) is 12.5 Å². The molecule has 2 N–H and O–H groups in total. The lowest BCUT2D eigenvalue weighted by molar-refractivity contribution is -0.00107. The Labute approximate surface area is 94.2 Å². The van der Waals surface area contributed by atoms with Crippen LogP contribution >= 0.6 is 0 Å². The molecule has 0 fully saturated rings. The lowest BCUT2D eigenvalue weighted by Crippen LogP contribution is -2.30. The maximum Gasteiger partial charge on any atom is 0.0599 e. The van der Waals surface area contributed by atoms with Crippen LogP contribution in [0.25, 0.3) is 0 Å². The van der Waals surface area contributed by atoms with E-state index in [-0.39, 0.29) is 5.60 Å². The van der Waals surface area contributed by atoms with Crippen molar-refractivity contribution in [2.45, 2.75) is 46.1 Å². The molecule has 0 heterocycles. The van der Waals surface area contributed by atoms with Gasteiger partial charge in [0.15, 0.2) is 0 Å². The predicted octanol–water partition coefficient (Wildman–Crippen LogP) is 1.80. The van der Waals surface area contributed by atoms with Gasteiger partial charge < -0.3 is 15.2 Å². The van der Waals surface area contributed by atoms with Gasteiger partial charge in [0.05, 0.1) is 12.2 Å². The van der Waals surface area contributed by atoms with Gasteiger partial charge in [0.1, 0.15) is 0 Å². The second kappa shape index (κ2) is 8.08. The SMILES string of the molecule is CCC(CCO)CNCCOC(C)(C)C. The van der Waals surface area contributed by atoms with E-state index in [2.05, 4.69) is 33.0 Å². The van der Waals surface area contributed by atoms with Gasteiger partial charge in [-0.3, -0.25) is 0 Å². The molecule has 0 aliphatic rings. The van der Waals surface area contributed by atoms with E-state index in [1.807, 2.05) is 0 Å². The molecule has 0 saturated heterocycles. The van der Waals surface area contributed by atoms with Gasteiger partial charge in [0.25, 0.3) is 0 Å². The average Bonchev–Trinajstić information content (AvgIpc) is 2.14. The van der Waals surface area contributed by atoms with Gasteiger partial charge in [-0.25, -0.2) is 0 Å². The van der Waals surface area contributed by atoms with Crippen LogP contribution in [0.5, 0.6) is 0 Å². The van der Waals surface area contributed by atoms with Gasteiger partial charge in [0, 0.05) is 13.2 Å². The zero-order chi connectivity index (χ0) is 11.7. The summed E-state index contributed by atoms with van der Waals surface area (Å²) in [5.74, 6) is 0.588. The van der Waals surface area contributed by atoms with Crippen LogP contribution in [0.3, 0.4) is 0 Å². The number of rotatable bonds is 8. The summed E-state index contributed by atoms with van der Waals surface area (Å²) in [6, 6.07) is 0. The Morgan fingerprint density at radius 2 is 2.00 bits per heavy atom. The fraction of sp³-hybridized carbons (Fsp3) is 1.00. The maximum absolute atomic E-state index is 8.82. The second-order valence-electron chi connectivity index (χ2n) is 4.95. The minimum atomic E-state index is -0.0447. The number of hydrogen-bond donors (Lipinski definition) is 2. The van der Waals surface area contributed by atoms with Gasteiger partial charge in [-0.05, 0) is 39.7 Å². The highest BCUT2D eigenvalue weighted by Crippen LogP contribution is 2.06. The summed E-state index contributed by atoms with van der Waals surface area (Å²) < 4.78 is 5.59. The third kappa shape index (κ3) is 10.2. The lowest BCUT2D eigenvalue weighted by atomic mass is 10.0. The van der Waals surface area contributed by atoms with Gasteiger partial charge in [-0.1, -0.05) is 13.3 Å². The van der Waals surface area contributed by atoms with Gasteiger partial charge in [-0.15, -0.1) is 0 Å². The van der Waals surface area contributed by atoms with Crippen molar-refractivity contribution < 1.29 is 9.84 Å². The van der Waals surface area contributed by atoms with E-state index in [1.165, 1.54) is 0 Å². The summed E-state index contributed by atoms with van der Waals surface area (Å²) in [6.07, 6.45) is 2.01. The van der Waals surface area contributed by atoms with Gasteiger partial charge >= 0.3 is 0 Å². The molecule has 0 bridgehead atoms. The first kappa shape index (κ1) is 14.9. The molecule has 92 valence electrons. The first-order valence-electron chi connectivity index (χ1n) is 5.95. The Kier molecular flexibility index (Phi) is 8.02. The normalized spacial score (nSPS) is 14.2. The standard InChI is InChI=1S/C12H27NO2/c1-5-11(6-8-14)10-13-7-9-15-12(2,3)4/h11,13-14H,5-10H2,1-4H3. The minimum absolute atomic E-state index is 0.0447. The predicted molar refractivity (Wildman–Crippen MR) is 64.1 cm³/mol. The summed E-state index contributed by atoms with van der Waals surface area (Å²) >= 11 is 0. The highest BCUT2D eigenvalue weighted by atomic mass is 16.5. The van der Waals surface area contributed by atoms with E-state index in [1.54, 1.807) is 0 Å². The Bertz CT molecular complexity index is 143. The Morgan fingerprint density at radius 3 is 2.47 bits per heavy atom. The molecule has 15 heavy (non-hydrogen) atoms. The van der Waals surface area contributed by atoms with Gasteiger partial charge in [0.2, 0.25) is 0 Å². The van der Waals surface area contributed by atoms with Crippen molar-refractivity contribution in [3.8, 4) is 0 Å². The molecule has 0 spiro atoms. The molecule has 0 aromatic rings. The summed E-state index contributed by atoms with van der Waals surface area (Å²) in [5, 5.41) is 12.2. The number of ether oxygens (including phenoxy) is 1. The molecule has 1 unspecified atom stereocenters. The summed E-state index contributed by atoms with van der Waals surface area (Å²) in [7, 11) is 0. The van der Waals surface area contributed by atoms with E-state index < -0.39 is 0 Å². The maximum atomic E-state index is 8.82. The number of aliphatic hydroxyl groups excluding tert-OH is 1. The number of hydrogen-bond acceptors (Lipinski definition) is 3. The van der Waals surface area contributed by atoms with E-state index in [9.17, 15) is 0 Å². The third-order valence-electron chi connectivity index (χ3n) is 2.36. The third-order valence-corrected chi connectivity index (χ3v) is 2.36. The first-order valence-corrected chi connectivity index (χ1v) is 5.95. The quantitative estimate of drug-likeness (QED) is 0.609. The van der Waals surface area contributed by atoms with Crippen LogP contribution < -0.4 is 5.32 Å². The van der Waals surface area contributed by atoms with Crippen molar-refractivity contribution >= 4 is 0 Å². The van der Waals surface area contributed by atoms with Crippen molar-refractivity contribution in [1.82, 2.24) is 5.32 Å². The Hall–Kier alpha value is -0.120. The molecule has 3 nitrogen and oxygen atoms in total. The molecule has 0 aromatic carbocycles. The molecule has 0 radical (unpaired) electrons. The van der Waals surface area contributed by atoms with Crippen molar-refractivity contribution in [3.63, 3.8) is 0 Å². The molecular formula is C12H27NO2. The zero-order valence-corrected chi connectivity index (χ0v) is 10.7. The molecule has 1 atom stereocenters. The number of aliphatic hydroxyl groups is 1. The van der Waals surface area contributed by atoms with Crippen LogP contribution in [0, 0.1) is 5.92 Å². The zero-order valence-electron chi connectivity index (χ0n) is 10.7. The van der Waals surface area contributed by atoms with E-state index in [0.717, 1.165) is 32.5 Å². The fourth-order valence-electron chi connectivity index (χ4n) is 1.37. The fourth-order valence-corrected chi connectivity index (χ4v) is 1.37. The van der Waals surface area contributed by atoms with E-state index >= 15 is 0 Å². The molecule has 3 heteroatoms. The second-order valence-corrected chi connectivity index (χ2v) is 4.95. The van der Waals surface area contributed by atoms with Crippen molar-refractivity contribution in [1.29, 1.82) is 0 Å². The Balaban J connectivity index is 3.36. The molecule has 0 aliphatic carbocycles. The van der Waals surface area contributed by atoms with Crippen LogP contribution in [0.2, 0.25) is 0 Å². The first-order chi connectivity index (χ1) is 6.99. The summed E-state index contributed by atoms with van der Waals surface area (Å²) in [5.41, 5.74) is -0.0447. The number of nitrogens with one attached hydrogen (secondary N) is 1. The average molecular weight is 217 g/mol. The molecule has 0 saturated carbocycles. The van der Waals surface area contributed by atoms with Crippen molar-refractivity contribution in [2.75, 3.05) is 26.3 Å². The lowest BCUT2D eigenvalue weighted by Gasteiger charge is -2.20. The molecule has 0 rings (SSSR count). The smallest absolute Gasteiger partial charge is 0.0599 e. The van der Waals surface area contributed by atoms with Crippen LogP contribution in [0.4, 0.5) is 0 Å². The largest absolute Gasteiger partial charge is 0.396 e. The highest BCUT2D eigenvalue weighted by molar-refractivity contribution is 4.62. The summed E-state index contributed by atoms with van der Waals surface area (Å²) in [6.45, 7) is 11.3. The van der Waals surface area contributed by atoms with Gasteiger partial charge in [-0.2, -0.15) is 0 Å². The molecule has 0 aromatic heterocycles. The molecule has 0 amide bonds. The van der Waals surface area contributed by atoms with Crippen LogP contribution in [-0.4, -0.2) is 37.0 Å². The Morgan fingerprint density at radius 1 is 1.33 bits per heavy atom. The summed E-state index contributed by atoms with van der Waals surface area (Å²) in [4.78, 5) is 0. The van der Waals surface area contributed by atoms with Crippen molar-refractivity contribution in [2.24, 2.45) is 5.92 Å². The topological polar surface area (TPSA) is 41.5 Å². The van der Waals surface area contributed by atoms with Crippen LogP contribution in [0.15, 0.2) is 0 Å². The highest BCUT2D eigenvalue weighted by Gasteiger charge is 2.09. The van der Waals surface area contributed by atoms with Crippen molar-refractivity contribution in [3.05, 3.63) is 0 Å². The van der Waals surface area contributed by atoms with Crippen LogP contribution in [-0.2, 0) is 4.74 Å².